The number of furan rings is 1. The molecule has 0 fully saturated rings. The lowest BCUT2D eigenvalue weighted by Gasteiger charge is -2.07. The SMILES string of the molecule is Cc1cc(N(C)C)oc1CSCCNC(=O)c1cccc(N)c1. The molecule has 2 rings (SSSR count). The number of rotatable bonds is 7. The van der Waals surface area contributed by atoms with Gasteiger partial charge in [0.25, 0.3) is 5.91 Å². The Hall–Kier alpha value is -2.08. The summed E-state index contributed by atoms with van der Waals surface area (Å²) in [7, 11) is 3.92. The lowest BCUT2D eigenvalue weighted by Crippen LogP contribution is -2.25. The number of nitrogens with two attached hydrogens (primary N) is 1. The molecule has 0 radical (unpaired) electrons. The number of amides is 1. The second-order valence-corrected chi connectivity index (χ2v) is 6.62. The fourth-order valence-electron chi connectivity index (χ4n) is 2.05. The number of benzene rings is 1. The fraction of sp³-hybridized carbons (Fsp3) is 0.353. The van der Waals surface area contributed by atoms with Crippen LogP contribution in [0.15, 0.2) is 34.7 Å². The van der Waals surface area contributed by atoms with Gasteiger partial charge in [-0.15, -0.1) is 0 Å². The summed E-state index contributed by atoms with van der Waals surface area (Å²) in [6.45, 7) is 2.66. The summed E-state index contributed by atoms with van der Waals surface area (Å²) in [6, 6.07) is 9.02. The molecule has 3 N–H and O–H groups in total. The molecule has 0 aliphatic heterocycles. The fourth-order valence-corrected chi connectivity index (χ4v) is 2.91. The maximum atomic E-state index is 12.0. The maximum absolute atomic E-state index is 12.0. The molecule has 1 amide bonds. The number of nitrogens with one attached hydrogen (secondary N) is 1. The number of nitrogens with zero attached hydrogens (tertiary/aromatic N) is 1. The van der Waals surface area contributed by atoms with Gasteiger partial charge in [0.2, 0.25) is 0 Å². The molecule has 6 heteroatoms. The van der Waals surface area contributed by atoms with Crippen molar-refractivity contribution in [2.24, 2.45) is 0 Å². The largest absolute Gasteiger partial charge is 0.444 e. The summed E-state index contributed by atoms with van der Waals surface area (Å²) in [6.07, 6.45) is 0. The standard InChI is InChI=1S/C17H23N3O2S/c1-12-9-16(20(2)3)22-15(12)11-23-8-7-19-17(21)13-5-4-6-14(18)10-13/h4-6,9-10H,7-8,11,18H2,1-3H3,(H,19,21). The molecule has 2 aromatic rings. The van der Waals surface area contributed by atoms with Gasteiger partial charge in [0.15, 0.2) is 5.88 Å². The lowest BCUT2D eigenvalue weighted by molar-refractivity contribution is 0.0956. The van der Waals surface area contributed by atoms with Crippen LogP contribution in [0.5, 0.6) is 0 Å². The zero-order valence-electron chi connectivity index (χ0n) is 13.8. The van der Waals surface area contributed by atoms with Crippen molar-refractivity contribution in [3.8, 4) is 0 Å². The first-order valence-corrected chi connectivity index (χ1v) is 8.61. The van der Waals surface area contributed by atoms with E-state index in [0.29, 0.717) is 17.8 Å². The van der Waals surface area contributed by atoms with Gasteiger partial charge in [-0.1, -0.05) is 6.07 Å². The van der Waals surface area contributed by atoms with Gasteiger partial charge in [-0.05, 0) is 30.7 Å². The molecule has 0 unspecified atom stereocenters. The van der Waals surface area contributed by atoms with Crippen molar-refractivity contribution >= 4 is 29.2 Å². The molecule has 1 aromatic carbocycles. The van der Waals surface area contributed by atoms with Gasteiger partial charge in [-0.2, -0.15) is 11.8 Å². The third-order valence-electron chi connectivity index (χ3n) is 3.36. The molecule has 0 saturated heterocycles. The number of hydrogen-bond donors (Lipinski definition) is 2. The molecule has 0 spiro atoms. The molecule has 0 atom stereocenters. The predicted octanol–water partition coefficient (Wildman–Crippen LogP) is 2.90. The van der Waals surface area contributed by atoms with E-state index in [1.807, 2.05) is 32.0 Å². The molecule has 124 valence electrons. The average molecular weight is 333 g/mol. The molecule has 0 aliphatic carbocycles. The highest BCUT2D eigenvalue weighted by molar-refractivity contribution is 7.98. The van der Waals surface area contributed by atoms with E-state index in [2.05, 4.69) is 5.32 Å². The second kappa shape index (κ2) is 7.97. The molecule has 0 aliphatic rings. The highest BCUT2D eigenvalue weighted by Crippen LogP contribution is 2.24. The number of anilines is 2. The molecular weight excluding hydrogens is 310 g/mol. The van der Waals surface area contributed by atoms with Crippen LogP contribution in [0.2, 0.25) is 0 Å². The molecule has 0 saturated carbocycles. The van der Waals surface area contributed by atoms with E-state index in [-0.39, 0.29) is 5.91 Å². The van der Waals surface area contributed by atoms with Crippen molar-refractivity contribution in [1.29, 1.82) is 0 Å². The molecule has 23 heavy (non-hydrogen) atoms. The van der Waals surface area contributed by atoms with Crippen LogP contribution >= 0.6 is 11.8 Å². The Morgan fingerprint density at radius 1 is 1.35 bits per heavy atom. The Morgan fingerprint density at radius 2 is 2.13 bits per heavy atom. The lowest BCUT2D eigenvalue weighted by atomic mass is 10.2. The van der Waals surface area contributed by atoms with Crippen LogP contribution in [0, 0.1) is 6.92 Å². The van der Waals surface area contributed by atoms with Crippen LogP contribution in [-0.2, 0) is 5.75 Å². The molecular formula is C17H23N3O2S. The third-order valence-corrected chi connectivity index (χ3v) is 4.32. The predicted molar refractivity (Wildman–Crippen MR) is 97.1 cm³/mol. The van der Waals surface area contributed by atoms with Crippen LogP contribution < -0.4 is 16.0 Å². The average Bonchev–Trinajstić information content (AvgIpc) is 2.88. The zero-order chi connectivity index (χ0) is 16.8. The number of aryl methyl sites for hydroxylation is 1. The van der Waals surface area contributed by atoms with Gasteiger partial charge in [0, 0.05) is 43.7 Å². The molecule has 1 heterocycles. The van der Waals surface area contributed by atoms with E-state index in [0.717, 1.165) is 28.7 Å². The first kappa shape index (κ1) is 17.3. The number of carbonyl (C=O) groups is 1. The third kappa shape index (κ3) is 4.96. The summed E-state index contributed by atoms with van der Waals surface area (Å²) < 4.78 is 5.79. The normalized spacial score (nSPS) is 10.6. The maximum Gasteiger partial charge on any atom is 0.251 e. The Bertz CT molecular complexity index is 668. The van der Waals surface area contributed by atoms with Crippen molar-refractivity contribution in [3.63, 3.8) is 0 Å². The first-order valence-electron chi connectivity index (χ1n) is 7.45. The summed E-state index contributed by atoms with van der Waals surface area (Å²) in [5, 5.41) is 2.90. The number of carbonyl (C=O) groups excluding carboxylic acids is 1. The number of nitrogen functional groups attached to an aromatic ring is 1. The highest BCUT2D eigenvalue weighted by Gasteiger charge is 2.09. The monoisotopic (exact) mass is 333 g/mol. The van der Waals surface area contributed by atoms with E-state index >= 15 is 0 Å². The van der Waals surface area contributed by atoms with E-state index in [9.17, 15) is 4.79 Å². The highest BCUT2D eigenvalue weighted by atomic mass is 32.2. The van der Waals surface area contributed by atoms with Gasteiger partial charge in [-0.3, -0.25) is 4.79 Å². The van der Waals surface area contributed by atoms with E-state index in [1.54, 1.807) is 36.0 Å². The minimum atomic E-state index is -0.0954. The zero-order valence-corrected chi connectivity index (χ0v) is 14.6. The van der Waals surface area contributed by atoms with Gasteiger partial charge >= 0.3 is 0 Å². The Kier molecular flexibility index (Phi) is 5.98. The molecule has 0 bridgehead atoms. The van der Waals surface area contributed by atoms with Gasteiger partial charge < -0.3 is 20.4 Å². The second-order valence-electron chi connectivity index (χ2n) is 5.52. The Labute approximate surface area is 141 Å². The van der Waals surface area contributed by atoms with Gasteiger partial charge in [0.1, 0.15) is 5.76 Å². The van der Waals surface area contributed by atoms with Crippen LogP contribution in [0.25, 0.3) is 0 Å². The van der Waals surface area contributed by atoms with Crippen LogP contribution in [0.3, 0.4) is 0 Å². The van der Waals surface area contributed by atoms with Crippen LogP contribution in [0.1, 0.15) is 21.7 Å². The minimum Gasteiger partial charge on any atom is -0.444 e. The number of hydrogen-bond acceptors (Lipinski definition) is 5. The molecule has 5 nitrogen and oxygen atoms in total. The van der Waals surface area contributed by atoms with Gasteiger partial charge in [0.05, 0.1) is 5.75 Å². The summed E-state index contributed by atoms with van der Waals surface area (Å²) in [4.78, 5) is 13.9. The summed E-state index contributed by atoms with van der Waals surface area (Å²) in [5.74, 6) is 3.38. The van der Waals surface area contributed by atoms with Crippen molar-refractivity contribution in [1.82, 2.24) is 5.32 Å². The minimum absolute atomic E-state index is 0.0954. The summed E-state index contributed by atoms with van der Waals surface area (Å²) >= 11 is 1.73. The van der Waals surface area contributed by atoms with Crippen LogP contribution in [0.4, 0.5) is 11.6 Å². The smallest absolute Gasteiger partial charge is 0.251 e. The Balaban J connectivity index is 1.73. The van der Waals surface area contributed by atoms with Crippen LogP contribution in [-0.4, -0.2) is 32.3 Å². The summed E-state index contributed by atoms with van der Waals surface area (Å²) in [5.41, 5.74) is 8.02. The van der Waals surface area contributed by atoms with Crippen molar-refractivity contribution in [3.05, 3.63) is 47.2 Å². The van der Waals surface area contributed by atoms with Crippen molar-refractivity contribution in [2.45, 2.75) is 12.7 Å². The van der Waals surface area contributed by atoms with E-state index in [1.165, 1.54) is 0 Å². The topological polar surface area (TPSA) is 71.5 Å². The van der Waals surface area contributed by atoms with E-state index < -0.39 is 0 Å². The number of thioether (sulfide) groups is 1. The van der Waals surface area contributed by atoms with Gasteiger partial charge in [-0.25, -0.2) is 0 Å². The van der Waals surface area contributed by atoms with E-state index in [4.69, 9.17) is 10.2 Å². The van der Waals surface area contributed by atoms with Crippen molar-refractivity contribution in [2.75, 3.05) is 37.0 Å². The quantitative estimate of drug-likeness (QED) is 0.602. The Morgan fingerprint density at radius 3 is 2.78 bits per heavy atom. The molecule has 1 aromatic heterocycles. The first-order chi connectivity index (χ1) is 11.0. The van der Waals surface area contributed by atoms with Crippen molar-refractivity contribution < 1.29 is 9.21 Å².